The molecule has 0 bridgehead atoms. The molecular weight excluding hydrogens is 275 g/mol. The summed E-state index contributed by atoms with van der Waals surface area (Å²) in [5, 5.41) is 9.28. The molecule has 0 atom stereocenters. The van der Waals surface area contributed by atoms with E-state index in [2.05, 4.69) is 4.98 Å². The molecular formula is C12H10F3N3S. The summed E-state index contributed by atoms with van der Waals surface area (Å²) >= 11 is 1.10. The average Bonchev–Trinajstić information content (AvgIpc) is 2.64. The van der Waals surface area contributed by atoms with E-state index in [9.17, 15) is 13.2 Å². The van der Waals surface area contributed by atoms with Gasteiger partial charge >= 0.3 is 6.18 Å². The summed E-state index contributed by atoms with van der Waals surface area (Å²) in [7, 11) is 0. The second kappa shape index (κ2) is 4.38. The summed E-state index contributed by atoms with van der Waals surface area (Å²) in [6.07, 6.45) is -4.58. The van der Waals surface area contributed by atoms with E-state index in [1.165, 1.54) is 0 Å². The van der Waals surface area contributed by atoms with Gasteiger partial charge in [0.1, 0.15) is 6.07 Å². The molecule has 7 heteroatoms. The van der Waals surface area contributed by atoms with E-state index in [0.29, 0.717) is 10.3 Å². The SMILES string of the molecule is CC(C)c1c(C#N)c(C(F)(F)F)cc2nc(N)sc12. The number of alkyl halides is 3. The zero-order valence-corrected chi connectivity index (χ0v) is 11.0. The Morgan fingerprint density at radius 3 is 2.53 bits per heavy atom. The Balaban J connectivity index is 2.96. The van der Waals surface area contributed by atoms with Gasteiger partial charge < -0.3 is 5.73 Å². The fourth-order valence-corrected chi connectivity index (χ4v) is 3.01. The molecule has 19 heavy (non-hydrogen) atoms. The smallest absolute Gasteiger partial charge is 0.375 e. The van der Waals surface area contributed by atoms with Crippen LogP contribution in [0.3, 0.4) is 0 Å². The Morgan fingerprint density at radius 2 is 2.05 bits per heavy atom. The monoisotopic (exact) mass is 285 g/mol. The molecule has 0 amide bonds. The summed E-state index contributed by atoms with van der Waals surface area (Å²) in [5.41, 5.74) is 4.83. The number of nitrogen functional groups attached to an aromatic ring is 1. The number of benzene rings is 1. The summed E-state index contributed by atoms with van der Waals surface area (Å²) in [6, 6.07) is 2.57. The standard InChI is InChI=1S/C12H10F3N3S/c1-5(2)9-6(4-16)7(12(13,14)15)3-8-10(9)19-11(17)18-8/h3,5H,1-2H3,(H2,17,18). The van der Waals surface area contributed by atoms with E-state index < -0.39 is 11.7 Å². The maximum atomic E-state index is 13.0. The first-order valence-corrected chi connectivity index (χ1v) is 6.27. The third-order valence-corrected chi connectivity index (χ3v) is 3.66. The van der Waals surface area contributed by atoms with Crippen molar-refractivity contribution in [3.8, 4) is 6.07 Å². The minimum absolute atomic E-state index is 0.192. The van der Waals surface area contributed by atoms with Crippen molar-refractivity contribution in [3.63, 3.8) is 0 Å². The molecule has 3 nitrogen and oxygen atoms in total. The summed E-state index contributed by atoms with van der Waals surface area (Å²) in [6.45, 7) is 3.48. The maximum absolute atomic E-state index is 13.0. The first kappa shape index (κ1) is 13.6. The fourth-order valence-electron chi connectivity index (χ4n) is 2.00. The summed E-state index contributed by atoms with van der Waals surface area (Å²) < 4.78 is 39.6. The lowest BCUT2D eigenvalue weighted by Crippen LogP contribution is -2.10. The Bertz CT molecular complexity index is 680. The highest BCUT2D eigenvalue weighted by atomic mass is 32.1. The maximum Gasteiger partial charge on any atom is 0.417 e. The van der Waals surface area contributed by atoms with E-state index in [-0.39, 0.29) is 22.1 Å². The van der Waals surface area contributed by atoms with Gasteiger partial charge in [-0.05, 0) is 17.5 Å². The fraction of sp³-hybridized carbons (Fsp3) is 0.333. The lowest BCUT2D eigenvalue weighted by molar-refractivity contribution is -0.137. The van der Waals surface area contributed by atoms with Crippen LogP contribution in [0, 0.1) is 11.3 Å². The highest BCUT2D eigenvalue weighted by Gasteiger charge is 2.36. The third-order valence-electron chi connectivity index (χ3n) is 2.73. The van der Waals surface area contributed by atoms with Gasteiger partial charge in [-0.3, -0.25) is 0 Å². The molecule has 1 heterocycles. The topological polar surface area (TPSA) is 62.7 Å². The summed E-state index contributed by atoms with van der Waals surface area (Å²) in [5.74, 6) is -0.223. The molecule has 0 spiro atoms. The van der Waals surface area contributed by atoms with Crippen LogP contribution in [0.25, 0.3) is 10.2 Å². The van der Waals surface area contributed by atoms with Crippen LogP contribution in [-0.2, 0) is 6.18 Å². The second-order valence-electron chi connectivity index (χ2n) is 4.38. The number of fused-ring (bicyclic) bond motifs is 1. The molecule has 0 fully saturated rings. The van der Waals surface area contributed by atoms with Gasteiger partial charge in [-0.2, -0.15) is 18.4 Å². The normalized spacial score (nSPS) is 12.1. The molecule has 0 saturated heterocycles. The molecule has 1 aromatic carbocycles. The highest BCUT2D eigenvalue weighted by molar-refractivity contribution is 7.22. The predicted molar refractivity (Wildman–Crippen MR) is 67.8 cm³/mol. The molecule has 0 aliphatic rings. The third kappa shape index (κ3) is 2.24. The number of thiazole rings is 1. The minimum atomic E-state index is -4.58. The first-order chi connectivity index (χ1) is 8.75. The number of hydrogen-bond acceptors (Lipinski definition) is 4. The van der Waals surface area contributed by atoms with Crippen molar-refractivity contribution in [3.05, 3.63) is 22.8 Å². The quantitative estimate of drug-likeness (QED) is 0.864. The number of anilines is 1. The molecule has 1 aromatic heterocycles. The first-order valence-electron chi connectivity index (χ1n) is 5.46. The van der Waals surface area contributed by atoms with Crippen LogP contribution in [0.4, 0.5) is 18.3 Å². The van der Waals surface area contributed by atoms with Crippen LogP contribution in [-0.4, -0.2) is 4.98 Å². The van der Waals surface area contributed by atoms with Crippen molar-refractivity contribution in [2.75, 3.05) is 5.73 Å². The zero-order valence-electron chi connectivity index (χ0n) is 10.2. The molecule has 100 valence electrons. The van der Waals surface area contributed by atoms with Crippen LogP contribution in [0.5, 0.6) is 0 Å². The van der Waals surface area contributed by atoms with Crippen molar-refractivity contribution in [2.45, 2.75) is 25.9 Å². The van der Waals surface area contributed by atoms with Gasteiger partial charge in [-0.25, -0.2) is 4.98 Å². The van der Waals surface area contributed by atoms with Crippen molar-refractivity contribution >= 4 is 26.7 Å². The lowest BCUT2D eigenvalue weighted by atomic mass is 9.93. The van der Waals surface area contributed by atoms with Crippen LogP contribution >= 0.6 is 11.3 Å². The largest absolute Gasteiger partial charge is 0.417 e. The summed E-state index contributed by atoms with van der Waals surface area (Å²) in [4.78, 5) is 3.89. The Kier molecular flexibility index (Phi) is 3.14. The molecule has 2 aromatic rings. The van der Waals surface area contributed by atoms with Crippen LogP contribution in [0.1, 0.15) is 36.5 Å². The Hall–Kier alpha value is -1.81. The van der Waals surface area contributed by atoms with Crippen LogP contribution in [0.15, 0.2) is 6.07 Å². The van der Waals surface area contributed by atoms with Gasteiger partial charge in [0.05, 0.1) is 21.3 Å². The van der Waals surface area contributed by atoms with Gasteiger partial charge in [0.15, 0.2) is 5.13 Å². The van der Waals surface area contributed by atoms with Crippen molar-refractivity contribution < 1.29 is 13.2 Å². The number of halogens is 3. The van der Waals surface area contributed by atoms with E-state index in [1.807, 2.05) is 0 Å². The molecule has 0 saturated carbocycles. The van der Waals surface area contributed by atoms with Crippen molar-refractivity contribution in [1.82, 2.24) is 4.98 Å². The van der Waals surface area contributed by atoms with Crippen LogP contribution in [0.2, 0.25) is 0 Å². The number of rotatable bonds is 1. The average molecular weight is 285 g/mol. The molecule has 0 unspecified atom stereocenters. The van der Waals surface area contributed by atoms with E-state index >= 15 is 0 Å². The molecule has 0 aliphatic heterocycles. The highest BCUT2D eigenvalue weighted by Crippen LogP contribution is 2.41. The predicted octanol–water partition coefficient (Wildman–Crippen LogP) is 3.89. The number of nitrogens with zero attached hydrogens (tertiary/aromatic N) is 2. The van der Waals surface area contributed by atoms with Gasteiger partial charge in [-0.1, -0.05) is 25.2 Å². The molecule has 0 radical (unpaired) electrons. The van der Waals surface area contributed by atoms with E-state index in [0.717, 1.165) is 17.4 Å². The van der Waals surface area contributed by atoms with E-state index in [4.69, 9.17) is 11.0 Å². The van der Waals surface area contributed by atoms with Crippen LogP contribution < -0.4 is 5.73 Å². The number of nitrogens with two attached hydrogens (primary N) is 1. The zero-order chi connectivity index (χ0) is 14.4. The molecule has 2 N–H and O–H groups in total. The lowest BCUT2D eigenvalue weighted by Gasteiger charge is -2.15. The van der Waals surface area contributed by atoms with Crippen molar-refractivity contribution in [2.24, 2.45) is 0 Å². The van der Waals surface area contributed by atoms with E-state index in [1.54, 1.807) is 19.9 Å². The molecule has 2 rings (SSSR count). The Morgan fingerprint density at radius 1 is 1.42 bits per heavy atom. The van der Waals surface area contributed by atoms with Gasteiger partial charge in [0.25, 0.3) is 0 Å². The number of aromatic nitrogens is 1. The number of nitriles is 1. The van der Waals surface area contributed by atoms with Gasteiger partial charge in [0.2, 0.25) is 0 Å². The minimum Gasteiger partial charge on any atom is -0.375 e. The van der Waals surface area contributed by atoms with Crippen molar-refractivity contribution in [1.29, 1.82) is 5.26 Å². The Labute approximate surface area is 111 Å². The number of hydrogen-bond donors (Lipinski definition) is 1. The second-order valence-corrected chi connectivity index (χ2v) is 5.41. The van der Waals surface area contributed by atoms with Gasteiger partial charge in [-0.15, -0.1) is 0 Å². The van der Waals surface area contributed by atoms with Gasteiger partial charge in [0, 0.05) is 0 Å². The molecule has 0 aliphatic carbocycles.